The van der Waals surface area contributed by atoms with Crippen LogP contribution in [0.5, 0.6) is 0 Å². The summed E-state index contributed by atoms with van der Waals surface area (Å²) in [6.07, 6.45) is 1.78. The molecule has 210 valence electrons. The zero-order valence-corrected chi connectivity index (χ0v) is 24.0. The molecule has 0 atom stereocenters. The first-order chi connectivity index (χ1) is 19.0. The Balaban J connectivity index is 1.28. The Kier molecular flexibility index (Phi) is 7.76. The van der Waals surface area contributed by atoms with E-state index < -0.39 is 17.5 Å². The summed E-state index contributed by atoms with van der Waals surface area (Å²) in [5, 5.41) is 16.6. The van der Waals surface area contributed by atoms with E-state index in [1.807, 2.05) is 13.8 Å². The van der Waals surface area contributed by atoms with Gasteiger partial charge in [-0.3, -0.25) is 14.7 Å². The van der Waals surface area contributed by atoms with Crippen LogP contribution in [0.15, 0.2) is 42.5 Å². The summed E-state index contributed by atoms with van der Waals surface area (Å²) in [5.74, 6) is -0.293. The average molecular weight is 585 g/mol. The van der Waals surface area contributed by atoms with Crippen LogP contribution in [0.3, 0.4) is 0 Å². The van der Waals surface area contributed by atoms with Crippen molar-refractivity contribution >= 4 is 52.6 Å². The van der Waals surface area contributed by atoms with Crippen molar-refractivity contribution in [3.63, 3.8) is 0 Å². The quantitative estimate of drug-likeness (QED) is 0.334. The number of amides is 4. The Morgan fingerprint density at radius 1 is 0.975 bits per heavy atom. The molecule has 2 aromatic carbocycles. The third kappa shape index (κ3) is 5.52. The van der Waals surface area contributed by atoms with Crippen LogP contribution >= 0.6 is 23.2 Å². The molecule has 0 spiro atoms. The van der Waals surface area contributed by atoms with E-state index in [-0.39, 0.29) is 18.5 Å². The van der Waals surface area contributed by atoms with Gasteiger partial charge in [-0.2, -0.15) is 5.10 Å². The third-order valence-electron chi connectivity index (χ3n) is 7.58. The van der Waals surface area contributed by atoms with Gasteiger partial charge in [0.1, 0.15) is 0 Å². The molecule has 0 aliphatic carbocycles. The fraction of sp³-hybridized carbons (Fsp3) is 0.357. The number of carbonyl (C=O) groups is 3. The standard InChI is InChI=1S/C28H31Cl2N7O3/c1-28(2)23-19(15-37(28)27(40)32-22-20(29)8-5-9-21(22)30)24(35-34-23)33-26(39)17-7-4-6-16(14-17)25(38)31-18-10-12-36(3)13-11-18/h4-9,14,18H,10-13,15H2,1-3H3,(H,31,38)(H,32,40)(H2,33,34,35,39). The third-order valence-corrected chi connectivity index (χ3v) is 8.21. The summed E-state index contributed by atoms with van der Waals surface area (Å²) in [6.45, 7) is 5.82. The topological polar surface area (TPSA) is 122 Å². The molecule has 12 heteroatoms. The molecule has 0 bridgehead atoms. The number of nitrogens with one attached hydrogen (secondary N) is 4. The molecule has 4 N–H and O–H groups in total. The molecule has 2 aliphatic rings. The minimum absolute atomic E-state index is 0.116. The number of H-pyrrole nitrogens is 1. The first-order valence-corrected chi connectivity index (χ1v) is 13.8. The van der Waals surface area contributed by atoms with Crippen LogP contribution in [0.4, 0.5) is 16.3 Å². The highest BCUT2D eigenvalue weighted by atomic mass is 35.5. The molecular formula is C28H31Cl2N7O3. The van der Waals surface area contributed by atoms with Crippen molar-refractivity contribution in [3.8, 4) is 0 Å². The molecule has 3 aromatic rings. The second kappa shape index (κ2) is 11.1. The number of aromatic nitrogens is 2. The maximum Gasteiger partial charge on any atom is 0.323 e. The molecule has 0 radical (unpaired) electrons. The van der Waals surface area contributed by atoms with Crippen LogP contribution < -0.4 is 16.0 Å². The van der Waals surface area contributed by atoms with Gasteiger partial charge in [-0.25, -0.2) is 4.79 Å². The molecule has 1 saturated heterocycles. The largest absolute Gasteiger partial charge is 0.349 e. The van der Waals surface area contributed by atoms with Crippen molar-refractivity contribution < 1.29 is 14.4 Å². The van der Waals surface area contributed by atoms with E-state index in [0.717, 1.165) is 25.9 Å². The molecule has 0 unspecified atom stereocenters. The number of hydrogen-bond donors (Lipinski definition) is 4. The van der Waals surface area contributed by atoms with Crippen molar-refractivity contribution in [1.82, 2.24) is 25.3 Å². The fourth-order valence-electron chi connectivity index (χ4n) is 5.14. The normalized spacial score (nSPS) is 16.9. The number of carbonyl (C=O) groups excluding carboxylic acids is 3. The molecule has 5 rings (SSSR count). The Labute approximate surface area is 242 Å². The number of piperidine rings is 1. The van der Waals surface area contributed by atoms with Crippen LogP contribution in [0.25, 0.3) is 0 Å². The number of para-hydroxylation sites is 1. The van der Waals surface area contributed by atoms with Crippen molar-refractivity contribution in [1.29, 1.82) is 0 Å². The number of nitrogens with zero attached hydrogens (tertiary/aromatic N) is 3. The van der Waals surface area contributed by atoms with E-state index in [2.05, 4.69) is 38.1 Å². The summed E-state index contributed by atoms with van der Waals surface area (Å²) < 4.78 is 0. The second-order valence-electron chi connectivity index (χ2n) is 10.7. The molecule has 0 saturated carbocycles. The van der Waals surface area contributed by atoms with Crippen molar-refractivity contribution in [2.75, 3.05) is 30.8 Å². The van der Waals surface area contributed by atoms with Crippen LogP contribution in [-0.2, 0) is 12.1 Å². The lowest BCUT2D eigenvalue weighted by Crippen LogP contribution is -2.43. The monoisotopic (exact) mass is 583 g/mol. The van der Waals surface area contributed by atoms with Gasteiger partial charge in [0.2, 0.25) is 0 Å². The number of hydrogen-bond acceptors (Lipinski definition) is 5. The molecular weight excluding hydrogens is 553 g/mol. The molecule has 40 heavy (non-hydrogen) atoms. The number of likely N-dealkylation sites (tertiary alicyclic amines) is 1. The summed E-state index contributed by atoms with van der Waals surface area (Å²) in [7, 11) is 2.07. The SMILES string of the molecule is CN1CCC(NC(=O)c2cccc(C(=O)Nc3n[nH]c4c3CN(C(=O)Nc3c(Cl)cccc3Cl)C4(C)C)c2)CC1. The Hall–Kier alpha value is -3.60. The number of fused-ring (bicyclic) bond motifs is 1. The van der Waals surface area contributed by atoms with Crippen LogP contribution in [0.1, 0.15) is 58.7 Å². The van der Waals surface area contributed by atoms with E-state index in [0.29, 0.717) is 43.9 Å². The lowest BCUT2D eigenvalue weighted by molar-refractivity contribution is 0.0916. The number of urea groups is 1. The van der Waals surface area contributed by atoms with E-state index in [4.69, 9.17) is 23.2 Å². The van der Waals surface area contributed by atoms with Gasteiger partial charge < -0.3 is 25.8 Å². The first-order valence-electron chi connectivity index (χ1n) is 13.1. The molecule has 4 amide bonds. The van der Waals surface area contributed by atoms with Gasteiger partial charge in [0, 0.05) is 22.7 Å². The number of aromatic amines is 1. The molecule has 2 aliphatic heterocycles. The predicted octanol–water partition coefficient (Wildman–Crippen LogP) is 5.08. The summed E-state index contributed by atoms with van der Waals surface area (Å²) in [5.41, 5.74) is 1.71. The van der Waals surface area contributed by atoms with Gasteiger partial charge in [-0.05, 0) is 77.2 Å². The number of anilines is 2. The maximum absolute atomic E-state index is 13.3. The van der Waals surface area contributed by atoms with Crippen LogP contribution in [0, 0.1) is 0 Å². The van der Waals surface area contributed by atoms with Crippen molar-refractivity contribution in [3.05, 3.63) is 74.9 Å². The Bertz CT molecular complexity index is 1440. The van der Waals surface area contributed by atoms with Gasteiger partial charge in [0.25, 0.3) is 11.8 Å². The Morgan fingerprint density at radius 3 is 2.27 bits per heavy atom. The number of rotatable bonds is 5. The number of benzene rings is 2. The lowest BCUT2D eigenvalue weighted by atomic mass is 10.0. The van der Waals surface area contributed by atoms with Gasteiger partial charge >= 0.3 is 6.03 Å². The fourth-order valence-corrected chi connectivity index (χ4v) is 5.63. The maximum atomic E-state index is 13.3. The zero-order chi connectivity index (χ0) is 28.6. The summed E-state index contributed by atoms with van der Waals surface area (Å²) in [4.78, 5) is 43.1. The average Bonchev–Trinajstić information content (AvgIpc) is 3.45. The minimum Gasteiger partial charge on any atom is -0.349 e. The van der Waals surface area contributed by atoms with E-state index in [9.17, 15) is 14.4 Å². The summed E-state index contributed by atoms with van der Waals surface area (Å²) >= 11 is 12.5. The zero-order valence-electron chi connectivity index (χ0n) is 22.5. The van der Waals surface area contributed by atoms with Crippen molar-refractivity contribution in [2.45, 2.75) is 44.8 Å². The lowest BCUT2D eigenvalue weighted by Gasteiger charge is -2.32. The van der Waals surface area contributed by atoms with Gasteiger partial charge in [-0.1, -0.05) is 35.3 Å². The van der Waals surface area contributed by atoms with Crippen LogP contribution in [0.2, 0.25) is 10.0 Å². The molecule has 3 heterocycles. The highest BCUT2D eigenvalue weighted by molar-refractivity contribution is 6.39. The molecule has 1 fully saturated rings. The Morgan fingerprint density at radius 2 is 1.60 bits per heavy atom. The van der Waals surface area contributed by atoms with Gasteiger partial charge in [0.15, 0.2) is 5.82 Å². The molecule has 10 nitrogen and oxygen atoms in total. The first kappa shape index (κ1) is 27.9. The van der Waals surface area contributed by atoms with Gasteiger partial charge in [0.05, 0.1) is 33.5 Å². The van der Waals surface area contributed by atoms with E-state index >= 15 is 0 Å². The minimum atomic E-state index is -0.755. The predicted molar refractivity (Wildman–Crippen MR) is 155 cm³/mol. The van der Waals surface area contributed by atoms with E-state index in [1.54, 1.807) is 47.4 Å². The van der Waals surface area contributed by atoms with Crippen LogP contribution in [-0.4, -0.2) is 64.0 Å². The highest BCUT2D eigenvalue weighted by Crippen LogP contribution is 2.41. The highest BCUT2D eigenvalue weighted by Gasteiger charge is 2.44. The summed E-state index contributed by atoms with van der Waals surface area (Å²) in [6, 6.07) is 11.3. The smallest absolute Gasteiger partial charge is 0.323 e. The van der Waals surface area contributed by atoms with Gasteiger partial charge in [-0.15, -0.1) is 0 Å². The van der Waals surface area contributed by atoms with E-state index in [1.165, 1.54) is 0 Å². The molecule has 1 aromatic heterocycles. The number of halogens is 2. The second-order valence-corrected chi connectivity index (χ2v) is 11.5. The van der Waals surface area contributed by atoms with Crippen molar-refractivity contribution in [2.24, 2.45) is 0 Å².